The standard InChI is InChI=1S/C16H24N2O/c1-13-7-9-15(10-8-13)17-16(19)14(2)18-11-5-3-4-6-12-18/h7-10,14H,3-6,11-12H2,1-2H3,(H,17,19). The number of amides is 1. The van der Waals surface area contributed by atoms with Crippen LogP contribution in [0.1, 0.15) is 38.2 Å². The number of anilines is 1. The van der Waals surface area contributed by atoms with Gasteiger partial charge in [-0.05, 0) is 51.9 Å². The third-order valence-corrected chi connectivity index (χ3v) is 3.89. The van der Waals surface area contributed by atoms with Gasteiger partial charge in [0.15, 0.2) is 0 Å². The Labute approximate surface area is 116 Å². The van der Waals surface area contributed by atoms with Gasteiger partial charge in [0.05, 0.1) is 6.04 Å². The molecule has 0 aliphatic carbocycles. The maximum absolute atomic E-state index is 12.3. The summed E-state index contributed by atoms with van der Waals surface area (Å²) in [5, 5.41) is 3.01. The van der Waals surface area contributed by atoms with Gasteiger partial charge in [-0.3, -0.25) is 9.69 Å². The third kappa shape index (κ3) is 4.06. The van der Waals surface area contributed by atoms with Crippen molar-refractivity contribution in [1.29, 1.82) is 0 Å². The number of carbonyl (C=O) groups excluding carboxylic acids is 1. The molecule has 0 bridgehead atoms. The van der Waals surface area contributed by atoms with Crippen LogP contribution in [0.4, 0.5) is 5.69 Å². The van der Waals surface area contributed by atoms with Crippen LogP contribution in [0.15, 0.2) is 24.3 Å². The van der Waals surface area contributed by atoms with Crippen LogP contribution in [0.5, 0.6) is 0 Å². The van der Waals surface area contributed by atoms with Crippen LogP contribution in [0.3, 0.4) is 0 Å². The van der Waals surface area contributed by atoms with Crippen molar-refractivity contribution in [2.75, 3.05) is 18.4 Å². The van der Waals surface area contributed by atoms with Gasteiger partial charge in [0.1, 0.15) is 0 Å². The first-order chi connectivity index (χ1) is 9.16. The summed E-state index contributed by atoms with van der Waals surface area (Å²) in [7, 11) is 0. The lowest BCUT2D eigenvalue weighted by Crippen LogP contribution is -2.42. The van der Waals surface area contributed by atoms with Crippen molar-refractivity contribution in [3.63, 3.8) is 0 Å². The molecule has 1 amide bonds. The summed E-state index contributed by atoms with van der Waals surface area (Å²) >= 11 is 0. The van der Waals surface area contributed by atoms with E-state index in [1.165, 1.54) is 31.2 Å². The number of hydrogen-bond acceptors (Lipinski definition) is 2. The summed E-state index contributed by atoms with van der Waals surface area (Å²) in [6.45, 7) is 6.14. The second kappa shape index (κ2) is 6.71. The third-order valence-electron chi connectivity index (χ3n) is 3.89. The molecular weight excluding hydrogens is 236 g/mol. The molecule has 1 N–H and O–H groups in total. The van der Waals surface area contributed by atoms with Gasteiger partial charge in [0.2, 0.25) is 5.91 Å². The lowest BCUT2D eigenvalue weighted by Gasteiger charge is -2.26. The Morgan fingerprint density at radius 1 is 1.11 bits per heavy atom. The minimum absolute atomic E-state index is 0.0422. The van der Waals surface area contributed by atoms with Gasteiger partial charge in [0.25, 0.3) is 0 Å². The molecule has 2 rings (SSSR count). The number of hydrogen-bond donors (Lipinski definition) is 1. The number of aryl methyl sites for hydroxylation is 1. The van der Waals surface area contributed by atoms with E-state index in [4.69, 9.17) is 0 Å². The molecule has 1 aromatic rings. The summed E-state index contributed by atoms with van der Waals surface area (Å²) < 4.78 is 0. The Kier molecular flexibility index (Phi) is 4.97. The fourth-order valence-corrected chi connectivity index (χ4v) is 2.53. The van der Waals surface area contributed by atoms with Crippen LogP contribution in [-0.2, 0) is 4.79 Å². The van der Waals surface area contributed by atoms with E-state index < -0.39 is 0 Å². The molecule has 1 heterocycles. The minimum atomic E-state index is -0.0422. The van der Waals surface area contributed by atoms with E-state index in [9.17, 15) is 4.79 Å². The molecule has 1 atom stereocenters. The Balaban J connectivity index is 1.92. The molecule has 0 saturated carbocycles. The summed E-state index contributed by atoms with van der Waals surface area (Å²) in [5.41, 5.74) is 2.09. The molecule has 0 radical (unpaired) electrons. The van der Waals surface area contributed by atoms with Gasteiger partial charge in [-0.2, -0.15) is 0 Å². The predicted octanol–water partition coefficient (Wildman–Crippen LogP) is 3.20. The first-order valence-electron chi connectivity index (χ1n) is 7.28. The van der Waals surface area contributed by atoms with Crippen molar-refractivity contribution in [2.45, 2.75) is 45.6 Å². The number of likely N-dealkylation sites (tertiary alicyclic amines) is 1. The van der Waals surface area contributed by atoms with Crippen LogP contribution in [0.2, 0.25) is 0 Å². The van der Waals surface area contributed by atoms with Gasteiger partial charge in [-0.25, -0.2) is 0 Å². The van der Waals surface area contributed by atoms with Gasteiger partial charge in [-0.15, -0.1) is 0 Å². The smallest absolute Gasteiger partial charge is 0.241 e. The molecule has 1 aliphatic heterocycles. The van der Waals surface area contributed by atoms with Crippen molar-refractivity contribution in [3.8, 4) is 0 Å². The van der Waals surface area contributed by atoms with E-state index in [2.05, 4.69) is 10.2 Å². The highest BCUT2D eigenvalue weighted by Gasteiger charge is 2.21. The number of carbonyl (C=O) groups is 1. The number of nitrogens with one attached hydrogen (secondary N) is 1. The molecule has 1 saturated heterocycles. The number of rotatable bonds is 3. The molecule has 104 valence electrons. The van der Waals surface area contributed by atoms with Gasteiger partial charge < -0.3 is 5.32 Å². The van der Waals surface area contributed by atoms with Crippen molar-refractivity contribution >= 4 is 11.6 Å². The van der Waals surface area contributed by atoms with E-state index >= 15 is 0 Å². The van der Waals surface area contributed by atoms with E-state index in [0.717, 1.165) is 18.8 Å². The first-order valence-corrected chi connectivity index (χ1v) is 7.28. The monoisotopic (exact) mass is 260 g/mol. The molecule has 0 spiro atoms. The fraction of sp³-hybridized carbons (Fsp3) is 0.562. The molecule has 1 aromatic carbocycles. The highest BCUT2D eigenvalue weighted by atomic mass is 16.2. The molecule has 1 aliphatic rings. The van der Waals surface area contributed by atoms with Crippen LogP contribution in [0.25, 0.3) is 0 Å². The largest absolute Gasteiger partial charge is 0.325 e. The van der Waals surface area contributed by atoms with Crippen LogP contribution in [-0.4, -0.2) is 29.9 Å². The van der Waals surface area contributed by atoms with Crippen molar-refractivity contribution in [3.05, 3.63) is 29.8 Å². The molecular formula is C16H24N2O. The lowest BCUT2D eigenvalue weighted by atomic mass is 10.2. The molecule has 19 heavy (non-hydrogen) atoms. The summed E-state index contributed by atoms with van der Waals surface area (Å²) in [6.07, 6.45) is 5.01. The highest BCUT2D eigenvalue weighted by Crippen LogP contribution is 2.14. The van der Waals surface area contributed by atoms with Crippen LogP contribution >= 0.6 is 0 Å². The molecule has 1 unspecified atom stereocenters. The normalized spacial score (nSPS) is 18.6. The Bertz CT molecular complexity index is 405. The molecule has 3 heteroatoms. The van der Waals surface area contributed by atoms with Crippen molar-refractivity contribution in [1.82, 2.24) is 4.90 Å². The second-order valence-corrected chi connectivity index (χ2v) is 5.48. The van der Waals surface area contributed by atoms with Crippen molar-refractivity contribution < 1.29 is 4.79 Å². The summed E-state index contributed by atoms with van der Waals surface area (Å²) in [6, 6.07) is 7.92. The Morgan fingerprint density at radius 2 is 1.68 bits per heavy atom. The van der Waals surface area contributed by atoms with E-state index in [-0.39, 0.29) is 11.9 Å². The maximum Gasteiger partial charge on any atom is 0.241 e. The van der Waals surface area contributed by atoms with Crippen LogP contribution < -0.4 is 5.32 Å². The summed E-state index contributed by atoms with van der Waals surface area (Å²) in [5.74, 6) is 0.103. The maximum atomic E-state index is 12.3. The van der Waals surface area contributed by atoms with Crippen LogP contribution in [0, 0.1) is 6.92 Å². The fourth-order valence-electron chi connectivity index (χ4n) is 2.53. The number of benzene rings is 1. The average Bonchev–Trinajstić information content (AvgIpc) is 2.69. The molecule has 0 aromatic heterocycles. The minimum Gasteiger partial charge on any atom is -0.325 e. The van der Waals surface area contributed by atoms with E-state index in [1.807, 2.05) is 38.1 Å². The molecule has 1 fully saturated rings. The quantitative estimate of drug-likeness (QED) is 0.905. The van der Waals surface area contributed by atoms with Gasteiger partial charge in [0, 0.05) is 5.69 Å². The lowest BCUT2D eigenvalue weighted by molar-refractivity contribution is -0.120. The zero-order valence-electron chi connectivity index (χ0n) is 12.0. The first kappa shape index (κ1) is 14.1. The van der Waals surface area contributed by atoms with Gasteiger partial charge >= 0.3 is 0 Å². The summed E-state index contributed by atoms with van der Waals surface area (Å²) in [4.78, 5) is 14.6. The highest BCUT2D eigenvalue weighted by molar-refractivity contribution is 5.94. The zero-order chi connectivity index (χ0) is 13.7. The van der Waals surface area contributed by atoms with E-state index in [0.29, 0.717) is 0 Å². The zero-order valence-corrected chi connectivity index (χ0v) is 12.0. The molecule has 3 nitrogen and oxygen atoms in total. The average molecular weight is 260 g/mol. The SMILES string of the molecule is Cc1ccc(NC(=O)C(C)N2CCCCCC2)cc1. The van der Waals surface area contributed by atoms with Crippen molar-refractivity contribution in [2.24, 2.45) is 0 Å². The topological polar surface area (TPSA) is 32.3 Å². The second-order valence-electron chi connectivity index (χ2n) is 5.48. The Hall–Kier alpha value is -1.35. The van der Waals surface area contributed by atoms with Gasteiger partial charge in [-0.1, -0.05) is 30.5 Å². The predicted molar refractivity (Wildman–Crippen MR) is 79.3 cm³/mol. The Morgan fingerprint density at radius 3 is 2.26 bits per heavy atom. The number of nitrogens with zero attached hydrogens (tertiary/aromatic N) is 1. The van der Waals surface area contributed by atoms with E-state index in [1.54, 1.807) is 0 Å².